The Kier molecular flexibility index (Phi) is 43.5. The van der Waals surface area contributed by atoms with Crippen molar-refractivity contribution in [2.75, 3.05) is 26.0 Å². The molecule has 1 aromatic rings. The van der Waals surface area contributed by atoms with Gasteiger partial charge < -0.3 is 16.4 Å². The predicted octanol–water partition coefficient (Wildman–Crippen LogP) is 7.07. The minimum atomic E-state index is 1.12. The molecule has 0 amide bonds. The van der Waals surface area contributed by atoms with Crippen LogP contribution in [0.4, 0.5) is 5.69 Å². The molecule has 0 saturated carbocycles. The summed E-state index contributed by atoms with van der Waals surface area (Å²) in [5, 5.41) is 0. The van der Waals surface area contributed by atoms with Crippen molar-refractivity contribution in [3.63, 3.8) is 0 Å². The van der Waals surface area contributed by atoms with Gasteiger partial charge in [-0.25, -0.2) is 0 Å². The molecule has 1 aliphatic rings. The second-order valence-electron chi connectivity index (χ2n) is 3.29. The van der Waals surface area contributed by atoms with E-state index in [9.17, 15) is 0 Å². The van der Waals surface area contributed by atoms with Crippen molar-refractivity contribution in [2.24, 2.45) is 11.5 Å². The van der Waals surface area contributed by atoms with Crippen LogP contribution in [0.25, 0.3) is 0 Å². The van der Waals surface area contributed by atoms with E-state index in [2.05, 4.69) is 60.8 Å². The quantitative estimate of drug-likeness (QED) is 0.560. The Morgan fingerprint density at radius 1 is 0.778 bits per heavy atom. The molecule has 0 aliphatic carbocycles. The van der Waals surface area contributed by atoms with Crippen molar-refractivity contribution < 1.29 is 0 Å². The van der Waals surface area contributed by atoms with E-state index < -0.39 is 0 Å². The van der Waals surface area contributed by atoms with Gasteiger partial charge in [-0.2, -0.15) is 0 Å². The van der Waals surface area contributed by atoms with E-state index in [1.54, 1.807) is 11.8 Å². The van der Waals surface area contributed by atoms with Gasteiger partial charge in [0, 0.05) is 16.8 Å². The largest absolute Gasteiger partial charge is 0.343 e. The summed E-state index contributed by atoms with van der Waals surface area (Å²) in [6, 6.07) is 8.35. The Hall–Kier alpha value is -1.49. The maximum atomic E-state index is 4.50. The van der Waals surface area contributed by atoms with Crippen LogP contribution in [-0.4, -0.2) is 21.1 Å². The maximum absolute atomic E-state index is 4.50. The van der Waals surface area contributed by atoms with Crippen molar-refractivity contribution in [3.8, 4) is 0 Å². The molecule has 3 nitrogen and oxygen atoms in total. The van der Waals surface area contributed by atoms with Crippen LogP contribution in [0, 0.1) is 0 Å². The zero-order valence-electron chi connectivity index (χ0n) is 19.9. The zero-order valence-corrected chi connectivity index (χ0v) is 20.7. The number of hydrogen-bond donors (Lipinski definition) is 2. The van der Waals surface area contributed by atoms with Gasteiger partial charge in [0.15, 0.2) is 0 Å². The maximum Gasteiger partial charge on any atom is 0.0550 e. The molecule has 4 heteroatoms. The Morgan fingerprint density at radius 3 is 1.56 bits per heavy atom. The van der Waals surface area contributed by atoms with Crippen LogP contribution >= 0.6 is 11.8 Å². The van der Waals surface area contributed by atoms with Gasteiger partial charge in [0.25, 0.3) is 0 Å². The van der Waals surface area contributed by atoms with Crippen LogP contribution in [0.2, 0.25) is 0 Å². The van der Waals surface area contributed by atoms with Gasteiger partial charge in [-0.1, -0.05) is 98.5 Å². The fraction of sp³-hybridized carbons (Fsp3) is 0.478. The van der Waals surface area contributed by atoms with Gasteiger partial charge in [-0.15, -0.1) is 0 Å². The zero-order chi connectivity index (χ0) is 22.8. The first-order valence-electron chi connectivity index (χ1n) is 9.93. The topological polar surface area (TPSA) is 55.3 Å². The molecular weight excluding hydrogens is 350 g/mol. The van der Waals surface area contributed by atoms with Crippen LogP contribution in [0.3, 0.4) is 0 Å². The Labute approximate surface area is 175 Å². The highest BCUT2D eigenvalue weighted by atomic mass is 32.2. The van der Waals surface area contributed by atoms with E-state index in [0.29, 0.717) is 0 Å². The van der Waals surface area contributed by atoms with Gasteiger partial charge in [-0.3, -0.25) is 0 Å². The Balaban J connectivity index is -0.000000115. The van der Waals surface area contributed by atoms with E-state index in [0.717, 1.165) is 10.6 Å². The van der Waals surface area contributed by atoms with Gasteiger partial charge >= 0.3 is 0 Å². The van der Waals surface area contributed by atoms with Gasteiger partial charge in [-0.05, 0) is 32.3 Å². The number of hydrogen-bond acceptors (Lipinski definition) is 4. The Bertz CT molecular complexity index is 455. The lowest BCUT2D eigenvalue weighted by Gasteiger charge is -2.29. The fourth-order valence-corrected chi connectivity index (χ4v) is 2.77. The van der Waals surface area contributed by atoms with Gasteiger partial charge in [0.05, 0.1) is 11.4 Å². The molecule has 0 aromatic heterocycles. The van der Waals surface area contributed by atoms with E-state index in [1.807, 2.05) is 67.5 Å². The second kappa shape index (κ2) is 32.2. The van der Waals surface area contributed by atoms with Gasteiger partial charge in [0.1, 0.15) is 0 Å². The number of fused-ring (bicyclic) bond motifs is 1. The van der Waals surface area contributed by atoms with Crippen molar-refractivity contribution in [2.45, 2.75) is 60.3 Å². The van der Waals surface area contributed by atoms with Crippen molar-refractivity contribution in [1.82, 2.24) is 0 Å². The molecule has 1 heterocycles. The van der Waals surface area contributed by atoms with E-state index in [1.165, 1.54) is 24.7 Å². The Morgan fingerprint density at radius 2 is 1.19 bits per heavy atom. The molecule has 0 unspecified atom stereocenters. The number of allylic oxidation sites excluding steroid dienone is 2. The molecule has 0 fully saturated rings. The molecule has 1 aromatic carbocycles. The SMILES string of the molecule is C=CC1=C(C=C)N(C)c2ccccc2S1.CC.CC.CC.CC.CN.CN. The lowest BCUT2D eigenvalue weighted by atomic mass is 10.2. The lowest BCUT2D eigenvalue weighted by Crippen LogP contribution is -2.19. The highest BCUT2D eigenvalue weighted by Gasteiger charge is 2.19. The molecule has 160 valence electrons. The molecule has 1 aliphatic heterocycles. The number of benzene rings is 1. The van der Waals surface area contributed by atoms with Crippen LogP contribution in [-0.2, 0) is 0 Å². The third-order valence-electron chi connectivity index (χ3n) is 2.44. The first-order chi connectivity index (χ1) is 13.3. The van der Waals surface area contributed by atoms with Crippen LogP contribution in [0.15, 0.2) is 65.1 Å². The molecule has 0 spiro atoms. The number of para-hydroxylation sites is 1. The minimum absolute atomic E-state index is 1.12. The van der Waals surface area contributed by atoms with Crippen LogP contribution in [0.1, 0.15) is 55.4 Å². The minimum Gasteiger partial charge on any atom is -0.343 e. The second-order valence-corrected chi connectivity index (χ2v) is 4.37. The summed E-state index contributed by atoms with van der Waals surface area (Å²) in [5.41, 5.74) is 11.3. The fourth-order valence-electron chi connectivity index (χ4n) is 1.67. The van der Waals surface area contributed by atoms with E-state index >= 15 is 0 Å². The average molecular weight is 398 g/mol. The van der Waals surface area contributed by atoms with Crippen LogP contribution < -0.4 is 16.4 Å². The summed E-state index contributed by atoms with van der Waals surface area (Å²) in [5.74, 6) is 0. The standard InChI is InChI=1S/C13H13NS.4C2H6.2CH5N/c1-4-10-12(5-2)15-13-9-7-6-8-11(13)14(10)3;6*1-2/h4-9H,1-2H2,3H3;4*1-2H3;2*2H2,1H3. The number of nitrogens with zero attached hydrogens (tertiary/aromatic N) is 1. The normalized spacial score (nSPS) is 9.59. The van der Waals surface area contributed by atoms with Crippen molar-refractivity contribution in [3.05, 3.63) is 60.2 Å². The van der Waals surface area contributed by atoms with Crippen molar-refractivity contribution >= 4 is 17.4 Å². The molecule has 0 atom stereocenters. The molecule has 4 N–H and O–H groups in total. The van der Waals surface area contributed by atoms with Crippen LogP contribution in [0.5, 0.6) is 0 Å². The van der Waals surface area contributed by atoms with Crippen molar-refractivity contribution in [1.29, 1.82) is 0 Å². The molecule has 2 rings (SSSR count). The number of likely N-dealkylation sites (N-methyl/N-ethyl adjacent to an activating group) is 1. The summed E-state index contributed by atoms with van der Waals surface area (Å²) >= 11 is 1.74. The van der Waals surface area contributed by atoms with E-state index in [4.69, 9.17) is 0 Å². The number of thioether (sulfide) groups is 1. The molecule has 0 bridgehead atoms. The first kappa shape index (κ1) is 36.4. The average Bonchev–Trinajstić information content (AvgIpc) is 2.81. The third kappa shape index (κ3) is 14.3. The summed E-state index contributed by atoms with van der Waals surface area (Å²) in [6.45, 7) is 23.7. The monoisotopic (exact) mass is 397 g/mol. The highest BCUT2D eigenvalue weighted by Crippen LogP contribution is 2.42. The molecular formula is C23H47N3S. The molecule has 0 saturated heterocycles. The lowest BCUT2D eigenvalue weighted by molar-refractivity contribution is 1.09. The van der Waals surface area contributed by atoms with Gasteiger partial charge in [0.2, 0.25) is 0 Å². The summed E-state index contributed by atoms with van der Waals surface area (Å²) in [6.07, 6.45) is 3.76. The number of anilines is 1. The van der Waals surface area contributed by atoms with E-state index in [-0.39, 0.29) is 0 Å². The molecule has 0 radical (unpaired) electrons. The molecule has 27 heavy (non-hydrogen) atoms. The summed E-state index contributed by atoms with van der Waals surface area (Å²) in [7, 11) is 5.05. The first-order valence-corrected chi connectivity index (χ1v) is 10.7. The smallest absolute Gasteiger partial charge is 0.0550 e. The number of nitrogens with two attached hydrogens (primary N) is 2. The number of rotatable bonds is 2. The summed E-state index contributed by atoms with van der Waals surface area (Å²) in [4.78, 5) is 4.57. The predicted molar refractivity (Wildman–Crippen MR) is 134 cm³/mol. The highest BCUT2D eigenvalue weighted by molar-refractivity contribution is 8.03. The summed E-state index contributed by atoms with van der Waals surface area (Å²) < 4.78 is 0. The third-order valence-corrected chi connectivity index (χ3v) is 3.60.